The minimum atomic E-state index is 0.0384. The highest BCUT2D eigenvalue weighted by molar-refractivity contribution is 7.99. The molecule has 0 aliphatic heterocycles. The molecule has 0 fully saturated rings. The quantitative estimate of drug-likeness (QED) is 0.707. The van der Waals surface area contributed by atoms with Crippen LogP contribution in [0.15, 0.2) is 12.5 Å². The van der Waals surface area contributed by atoms with E-state index in [1.807, 2.05) is 22.5 Å². The number of aliphatic hydroxyl groups is 1. The molecular weight excluding hydrogens is 184 g/mol. The van der Waals surface area contributed by atoms with Crippen LogP contribution in [0.4, 0.5) is 0 Å². The average molecular weight is 200 g/mol. The molecule has 0 aliphatic carbocycles. The lowest BCUT2D eigenvalue weighted by atomic mass is 10.4. The number of nitrogens with zero attached hydrogens (tertiary/aromatic N) is 2. The Morgan fingerprint density at radius 3 is 3.08 bits per heavy atom. The van der Waals surface area contributed by atoms with E-state index in [0.29, 0.717) is 0 Å². The van der Waals surface area contributed by atoms with Gasteiger partial charge >= 0.3 is 0 Å². The Morgan fingerprint density at radius 1 is 1.62 bits per heavy atom. The Kier molecular flexibility index (Phi) is 4.93. The van der Waals surface area contributed by atoms with Crippen molar-refractivity contribution in [3.8, 4) is 0 Å². The third-order valence-electron chi connectivity index (χ3n) is 1.76. The van der Waals surface area contributed by atoms with Crippen molar-refractivity contribution >= 4 is 11.8 Å². The minimum absolute atomic E-state index is 0.0384. The maximum Gasteiger partial charge on any atom is 0.0950 e. The van der Waals surface area contributed by atoms with Crippen molar-refractivity contribution < 1.29 is 5.11 Å². The van der Waals surface area contributed by atoms with E-state index in [1.54, 1.807) is 6.33 Å². The first kappa shape index (κ1) is 10.6. The number of aromatic nitrogens is 2. The summed E-state index contributed by atoms with van der Waals surface area (Å²) >= 11 is 1.96. The number of hydrogen-bond donors (Lipinski definition) is 1. The van der Waals surface area contributed by atoms with Gasteiger partial charge in [-0.25, -0.2) is 4.98 Å². The standard InChI is InChI=1S/C9H16N2OS/c1-2-13-5-3-4-11-6-9(7-12)10-8-11/h6,8,12H,2-5,7H2,1H3. The van der Waals surface area contributed by atoms with E-state index in [1.165, 1.54) is 17.9 Å². The molecule has 0 radical (unpaired) electrons. The molecule has 0 aromatic carbocycles. The first-order valence-electron chi connectivity index (χ1n) is 4.56. The highest BCUT2D eigenvalue weighted by atomic mass is 32.2. The second kappa shape index (κ2) is 6.05. The Morgan fingerprint density at radius 2 is 2.46 bits per heavy atom. The van der Waals surface area contributed by atoms with Crippen LogP contribution in [0.1, 0.15) is 19.0 Å². The fourth-order valence-corrected chi connectivity index (χ4v) is 1.73. The zero-order valence-electron chi connectivity index (χ0n) is 7.94. The molecule has 0 saturated carbocycles. The van der Waals surface area contributed by atoms with Crippen molar-refractivity contribution in [2.75, 3.05) is 11.5 Å². The summed E-state index contributed by atoms with van der Waals surface area (Å²) in [5, 5.41) is 8.78. The molecule has 0 saturated heterocycles. The predicted molar refractivity (Wildman–Crippen MR) is 55.8 cm³/mol. The Labute approximate surface area is 83.2 Å². The summed E-state index contributed by atoms with van der Waals surface area (Å²) < 4.78 is 2.03. The number of aryl methyl sites for hydroxylation is 1. The van der Waals surface area contributed by atoms with Gasteiger partial charge < -0.3 is 9.67 Å². The third kappa shape index (κ3) is 3.83. The highest BCUT2D eigenvalue weighted by Gasteiger charge is 1.96. The Balaban J connectivity index is 2.20. The normalized spacial score (nSPS) is 10.6. The van der Waals surface area contributed by atoms with Crippen molar-refractivity contribution in [1.29, 1.82) is 0 Å². The van der Waals surface area contributed by atoms with Crippen LogP contribution in [0.2, 0.25) is 0 Å². The number of hydrogen-bond acceptors (Lipinski definition) is 3. The zero-order valence-corrected chi connectivity index (χ0v) is 8.76. The molecule has 0 spiro atoms. The Hall–Kier alpha value is -0.480. The summed E-state index contributed by atoms with van der Waals surface area (Å²) in [6, 6.07) is 0. The van der Waals surface area contributed by atoms with Gasteiger partial charge in [-0.1, -0.05) is 6.92 Å². The Bertz CT molecular complexity index is 237. The smallest absolute Gasteiger partial charge is 0.0950 e. The van der Waals surface area contributed by atoms with Crippen molar-refractivity contribution in [1.82, 2.24) is 9.55 Å². The molecule has 1 heterocycles. The number of imidazole rings is 1. The predicted octanol–water partition coefficient (Wildman–Crippen LogP) is 1.52. The fraction of sp³-hybridized carbons (Fsp3) is 0.667. The van der Waals surface area contributed by atoms with Crippen molar-refractivity contribution in [3.05, 3.63) is 18.2 Å². The number of aliphatic hydroxyl groups excluding tert-OH is 1. The van der Waals surface area contributed by atoms with Crippen LogP contribution >= 0.6 is 11.8 Å². The topological polar surface area (TPSA) is 38.0 Å². The average Bonchev–Trinajstić information content (AvgIpc) is 2.60. The highest BCUT2D eigenvalue weighted by Crippen LogP contribution is 2.03. The van der Waals surface area contributed by atoms with E-state index in [4.69, 9.17) is 5.11 Å². The largest absolute Gasteiger partial charge is 0.390 e. The lowest BCUT2D eigenvalue weighted by Gasteiger charge is -2.00. The molecule has 4 heteroatoms. The summed E-state index contributed by atoms with van der Waals surface area (Å²) in [5.41, 5.74) is 0.753. The molecule has 3 nitrogen and oxygen atoms in total. The molecule has 1 aromatic rings. The van der Waals surface area contributed by atoms with Gasteiger partial charge in [-0.3, -0.25) is 0 Å². The minimum Gasteiger partial charge on any atom is -0.390 e. The zero-order chi connectivity index (χ0) is 9.52. The third-order valence-corrected chi connectivity index (χ3v) is 2.74. The van der Waals surface area contributed by atoms with Crippen LogP contribution < -0.4 is 0 Å². The summed E-state index contributed by atoms with van der Waals surface area (Å²) in [4.78, 5) is 4.04. The maximum atomic E-state index is 8.78. The van der Waals surface area contributed by atoms with Crippen LogP contribution in [0.3, 0.4) is 0 Å². The van der Waals surface area contributed by atoms with E-state index in [0.717, 1.165) is 12.2 Å². The van der Waals surface area contributed by atoms with Gasteiger partial charge in [-0.15, -0.1) is 0 Å². The van der Waals surface area contributed by atoms with Gasteiger partial charge in [-0.2, -0.15) is 11.8 Å². The van der Waals surface area contributed by atoms with Gasteiger partial charge in [0.25, 0.3) is 0 Å². The van der Waals surface area contributed by atoms with Gasteiger partial charge in [0.15, 0.2) is 0 Å². The molecule has 0 bridgehead atoms. The summed E-state index contributed by atoms with van der Waals surface area (Å²) in [6.07, 6.45) is 4.85. The molecule has 1 N–H and O–H groups in total. The SMILES string of the molecule is CCSCCCn1cnc(CO)c1. The van der Waals surface area contributed by atoms with E-state index < -0.39 is 0 Å². The van der Waals surface area contributed by atoms with E-state index >= 15 is 0 Å². The van der Waals surface area contributed by atoms with Gasteiger partial charge in [-0.05, 0) is 17.9 Å². The first-order chi connectivity index (χ1) is 6.36. The molecule has 0 atom stereocenters. The lowest BCUT2D eigenvalue weighted by Crippen LogP contribution is -1.95. The van der Waals surface area contributed by atoms with Crippen molar-refractivity contribution in [3.63, 3.8) is 0 Å². The van der Waals surface area contributed by atoms with Gasteiger partial charge in [0, 0.05) is 12.7 Å². The van der Waals surface area contributed by atoms with Gasteiger partial charge in [0.05, 0.1) is 18.6 Å². The fourth-order valence-electron chi connectivity index (χ4n) is 1.10. The summed E-state index contributed by atoms with van der Waals surface area (Å²) in [6.45, 7) is 3.21. The van der Waals surface area contributed by atoms with Crippen LogP contribution in [-0.4, -0.2) is 26.2 Å². The molecule has 0 amide bonds. The second-order valence-corrected chi connectivity index (χ2v) is 4.21. The van der Waals surface area contributed by atoms with Gasteiger partial charge in [0.1, 0.15) is 0 Å². The van der Waals surface area contributed by atoms with Crippen LogP contribution in [-0.2, 0) is 13.2 Å². The van der Waals surface area contributed by atoms with Crippen LogP contribution in [0.25, 0.3) is 0 Å². The second-order valence-electron chi connectivity index (χ2n) is 2.81. The summed E-state index contributed by atoms with van der Waals surface area (Å²) in [5.74, 6) is 2.38. The van der Waals surface area contributed by atoms with Crippen molar-refractivity contribution in [2.24, 2.45) is 0 Å². The molecule has 1 aromatic heterocycles. The number of thioether (sulfide) groups is 1. The lowest BCUT2D eigenvalue weighted by molar-refractivity contribution is 0.277. The maximum absolute atomic E-state index is 8.78. The van der Waals surface area contributed by atoms with E-state index in [9.17, 15) is 0 Å². The van der Waals surface area contributed by atoms with Crippen LogP contribution in [0.5, 0.6) is 0 Å². The number of rotatable bonds is 6. The molecule has 74 valence electrons. The molecule has 0 aliphatic rings. The van der Waals surface area contributed by atoms with Crippen molar-refractivity contribution in [2.45, 2.75) is 26.5 Å². The van der Waals surface area contributed by atoms with Gasteiger partial charge in [0.2, 0.25) is 0 Å². The van der Waals surface area contributed by atoms with E-state index in [-0.39, 0.29) is 6.61 Å². The summed E-state index contributed by atoms with van der Waals surface area (Å²) in [7, 11) is 0. The molecule has 13 heavy (non-hydrogen) atoms. The molecule has 0 unspecified atom stereocenters. The first-order valence-corrected chi connectivity index (χ1v) is 5.71. The van der Waals surface area contributed by atoms with E-state index in [2.05, 4.69) is 11.9 Å². The van der Waals surface area contributed by atoms with Crippen LogP contribution in [0, 0.1) is 0 Å². The molecule has 1 rings (SSSR count). The monoisotopic (exact) mass is 200 g/mol. The molecular formula is C9H16N2OS.